The molecule has 0 aromatic heterocycles. The second-order valence-electron chi connectivity index (χ2n) is 5.51. The highest BCUT2D eigenvalue weighted by Gasteiger charge is 2.49. The quantitative estimate of drug-likeness (QED) is 0.424. The van der Waals surface area contributed by atoms with E-state index < -0.39 is 36.6 Å². The summed E-state index contributed by atoms with van der Waals surface area (Å²) in [5, 5.41) is 30.4. The summed E-state index contributed by atoms with van der Waals surface area (Å²) in [6, 6.07) is 0. The minimum Gasteiger partial charge on any atom is -0.469 e. The summed E-state index contributed by atoms with van der Waals surface area (Å²) in [6.07, 6.45) is -3.09. The molecule has 0 bridgehead atoms. The SMILES string of the molecule is COC(=O)C[C@H]1CC[C@@H]2O[C@@H]([C@@H](O)/C=C/I)[C@@H](O)[C@@H](O)[C@H]2O1. The molecular weight excluding hydrogens is 407 g/mol. The van der Waals surface area contributed by atoms with Gasteiger partial charge in [0, 0.05) is 0 Å². The van der Waals surface area contributed by atoms with Gasteiger partial charge in [0.25, 0.3) is 0 Å². The Morgan fingerprint density at radius 1 is 1.36 bits per heavy atom. The number of methoxy groups -OCH3 is 1. The third kappa shape index (κ3) is 3.98. The van der Waals surface area contributed by atoms with Gasteiger partial charge >= 0.3 is 5.97 Å². The van der Waals surface area contributed by atoms with E-state index in [1.54, 1.807) is 4.08 Å². The largest absolute Gasteiger partial charge is 0.469 e. The second kappa shape index (κ2) is 8.02. The van der Waals surface area contributed by atoms with Crippen LogP contribution in [0.25, 0.3) is 0 Å². The maximum Gasteiger partial charge on any atom is 0.308 e. The Balaban J connectivity index is 2.02. The first-order valence-corrected chi connectivity index (χ1v) is 8.41. The van der Waals surface area contributed by atoms with E-state index in [2.05, 4.69) is 4.74 Å². The molecule has 8 heteroatoms. The van der Waals surface area contributed by atoms with E-state index in [1.807, 2.05) is 22.6 Å². The zero-order chi connectivity index (χ0) is 16.3. The van der Waals surface area contributed by atoms with Gasteiger partial charge in [0.05, 0.1) is 25.7 Å². The fourth-order valence-corrected chi connectivity index (χ4v) is 3.32. The molecule has 22 heavy (non-hydrogen) atoms. The van der Waals surface area contributed by atoms with Gasteiger partial charge in [0.1, 0.15) is 30.5 Å². The molecule has 0 radical (unpaired) electrons. The molecule has 2 rings (SSSR count). The van der Waals surface area contributed by atoms with Gasteiger partial charge in [0.15, 0.2) is 0 Å². The molecule has 2 saturated heterocycles. The van der Waals surface area contributed by atoms with Gasteiger partial charge in [-0.25, -0.2) is 0 Å². The molecule has 0 aromatic carbocycles. The van der Waals surface area contributed by atoms with Crippen molar-refractivity contribution in [2.45, 2.75) is 62.0 Å². The Hall–Kier alpha value is -0.260. The Labute approximate surface area is 142 Å². The van der Waals surface area contributed by atoms with Gasteiger partial charge in [-0.2, -0.15) is 0 Å². The molecule has 126 valence electrons. The number of carbonyl (C=O) groups excluding carboxylic acids is 1. The normalized spacial score (nSPS) is 40.2. The van der Waals surface area contributed by atoms with Gasteiger partial charge in [-0.15, -0.1) is 0 Å². The molecule has 2 aliphatic heterocycles. The van der Waals surface area contributed by atoms with Crippen LogP contribution in [0.15, 0.2) is 10.2 Å². The highest BCUT2D eigenvalue weighted by atomic mass is 127. The number of esters is 1. The van der Waals surface area contributed by atoms with E-state index in [0.29, 0.717) is 12.8 Å². The van der Waals surface area contributed by atoms with Crippen LogP contribution in [0.4, 0.5) is 0 Å². The van der Waals surface area contributed by atoms with Crippen molar-refractivity contribution < 1.29 is 34.3 Å². The van der Waals surface area contributed by atoms with Crippen molar-refractivity contribution >= 4 is 28.6 Å². The van der Waals surface area contributed by atoms with Crippen LogP contribution < -0.4 is 0 Å². The topological polar surface area (TPSA) is 105 Å². The van der Waals surface area contributed by atoms with Crippen LogP contribution in [0.5, 0.6) is 0 Å². The minimum absolute atomic E-state index is 0.103. The molecule has 0 unspecified atom stereocenters. The average Bonchev–Trinajstić information content (AvgIpc) is 2.51. The standard InChI is InChI=1S/C14H21IO7/c1-20-10(17)6-7-2-3-9-14(21-7)12(19)11(18)13(22-9)8(16)4-5-15/h4-5,7-9,11-14,16,18-19H,2-3,6H2,1H3/b5-4+/t7-,8+,9+,11+,12-,13+,14+/m1/s1. The molecule has 2 fully saturated rings. The monoisotopic (exact) mass is 428 g/mol. The molecule has 2 aliphatic rings. The summed E-state index contributed by atoms with van der Waals surface area (Å²) in [5.74, 6) is -0.379. The molecule has 2 heterocycles. The zero-order valence-electron chi connectivity index (χ0n) is 12.2. The number of rotatable bonds is 4. The van der Waals surface area contributed by atoms with Crippen molar-refractivity contribution in [2.24, 2.45) is 0 Å². The van der Waals surface area contributed by atoms with E-state index in [1.165, 1.54) is 13.2 Å². The first-order valence-electron chi connectivity index (χ1n) is 7.16. The summed E-state index contributed by atoms with van der Waals surface area (Å²) in [5.41, 5.74) is 0. The molecule has 7 nitrogen and oxygen atoms in total. The Morgan fingerprint density at radius 2 is 2.09 bits per heavy atom. The molecule has 7 atom stereocenters. The van der Waals surface area contributed by atoms with Crippen LogP contribution in [-0.2, 0) is 19.0 Å². The van der Waals surface area contributed by atoms with Crippen molar-refractivity contribution in [3.63, 3.8) is 0 Å². The molecule has 0 aromatic rings. The number of hydrogen-bond acceptors (Lipinski definition) is 7. The highest BCUT2D eigenvalue weighted by molar-refractivity contribution is 14.1. The Morgan fingerprint density at radius 3 is 2.73 bits per heavy atom. The van der Waals surface area contributed by atoms with Crippen LogP contribution in [0.3, 0.4) is 0 Å². The lowest BCUT2D eigenvalue weighted by Gasteiger charge is -2.47. The number of aliphatic hydroxyl groups is 3. The number of aliphatic hydroxyl groups excluding tert-OH is 3. The van der Waals surface area contributed by atoms with Crippen LogP contribution in [0.2, 0.25) is 0 Å². The lowest BCUT2D eigenvalue weighted by Crippen LogP contribution is -2.63. The van der Waals surface area contributed by atoms with E-state index in [4.69, 9.17) is 9.47 Å². The lowest BCUT2D eigenvalue weighted by atomic mass is 9.87. The summed E-state index contributed by atoms with van der Waals surface area (Å²) < 4.78 is 17.6. The van der Waals surface area contributed by atoms with Crippen molar-refractivity contribution in [2.75, 3.05) is 7.11 Å². The van der Waals surface area contributed by atoms with Gasteiger partial charge in [-0.1, -0.05) is 22.6 Å². The smallest absolute Gasteiger partial charge is 0.308 e. The fourth-order valence-electron chi connectivity index (χ4n) is 2.90. The van der Waals surface area contributed by atoms with Gasteiger partial charge < -0.3 is 29.5 Å². The van der Waals surface area contributed by atoms with Crippen molar-refractivity contribution in [1.29, 1.82) is 0 Å². The number of ether oxygens (including phenoxy) is 3. The predicted octanol–water partition coefficient (Wildman–Crippen LogP) is -0.104. The number of carbonyl (C=O) groups is 1. The predicted molar refractivity (Wildman–Crippen MR) is 84.4 cm³/mol. The minimum atomic E-state index is -1.26. The lowest BCUT2D eigenvalue weighted by molar-refractivity contribution is -0.274. The van der Waals surface area contributed by atoms with E-state index in [-0.39, 0.29) is 18.5 Å². The molecule has 0 amide bonds. The Bertz CT molecular complexity index is 414. The first-order chi connectivity index (χ1) is 10.5. The van der Waals surface area contributed by atoms with Crippen molar-refractivity contribution in [3.8, 4) is 0 Å². The summed E-state index contributed by atoms with van der Waals surface area (Å²) in [4.78, 5) is 11.3. The maximum absolute atomic E-state index is 11.3. The fraction of sp³-hybridized carbons (Fsp3) is 0.786. The number of hydrogen-bond donors (Lipinski definition) is 3. The third-order valence-electron chi connectivity index (χ3n) is 4.07. The Kier molecular flexibility index (Phi) is 6.59. The van der Waals surface area contributed by atoms with Gasteiger partial charge in [0.2, 0.25) is 0 Å². The summed E-state index contributed by atoms with van der Waals surface area (Å²) >= 11 is 1.96. The summed E-state index contributed by atoms with van der Waals surface area (Å²) in [6.45, 7) is 0. The average molecular weight is 428 g/mol. The second-order valence-corrected chi connectivity index (χ2v) is 6.23. The van der Waals surface area contributed by atoms with Crippen molar-refractivity contribution in [1.82, 2.24) is 0 Å². The molecule has 0 aliphatic carbocycles. The van der Waals surface area contributed by atoms with E-state index in [9.17, 15) is 20.1 Å². The van der Waals surface area contributed by atoms with E-state index >= 15 is 0 Å². The van der Waals surface area contributed by atoms with Crippen LogP contribution in [0.1, 0.15) is 19.3 Å². The van der Waals surface area contributed by atoms with Crippen molar-refractivity contribution in [3.05, 3.63) is 10.2 Å². The highest BCUT2D eigenvalue weighted by Crippen LogP contribution is 2.34. The van der Waals surface area contributed by atoms with Crippen LogP contribution in [0, 0.1) is 0 Å². The summed E-state index contributed by atoms with van der Waals surface area (Å²) in [7, 11) is 1.31. The van der Waals surface area contributed by atoms with Gasteiger partial charge in [-0.05, 0) is 23.0 Å². The number of fused-ring (bicyclic) bond motifs is 1. The number of halogens is 1. The van der Waals surface area contributed by atoms with Gasteiger partial charge in [-0.3, -0.25) is 4.79 Å². The molecule has 0 saturated carbocycles. The van der Waals surface area contributed by atoms with Crippen LogP contribution in [-0.4, -0.2) is 71.1 Å². The third-order valence-corrected chi connectivity index (χ3v) is 4.49. The maximum atomic E-state index is 11.3. The zero-order valence-corrected chi connectivity index (χ0v) is 14.3. The van der Waals surface area contributed by atoms with Crippen LogP contribution >= 0.6 is 22.6 Å². The molecule has 3 N–H and O–H groups in total. The first kappa shape index (κ1) is 18.1. The van der Waals surface area contributed by atoms with E-state index in [0.717, 1.165) is 0 Å². The molecular formula is C14H21IO7. The molecule has 0 spiro atoms.